The van der Waals surface area contributed by atoms with Gasteiger partial charge in [0.05, 0.1) is 0 Å². The van der Waals surface area contributed by atoms with E-state index in [9.17, 15) is 4.79 Å². The van der Waals surface area contributed by atoms with Gasteiger partial charge in [-0.15, -0.1) is 0 Å². The Morgan fingerprint density at radius 3 is 3.20 bits per heavy atom. The molecule has 0 saturated carbocycles. The van der Waals surface area contributed by atoms with Crippen molar-refractivity contribution >= 4 is 6.03 Å². The topological polar surface area (TPSA) is 45.2 Å². The van der Waals surface area contributed by atoms with Crippen LogP contribution in [0.3, 0.4) is 0 Å². The first-order chi connectivity index (χ1) is 7.27. The maximum Gasteiger partial charge on any atom is 0.317 e. The van der Waals surface area contributed by atoms with E-state index in [1.54, 1.807) is 6.20 Å². The number of pyridine rings is 1. The Labute approximate surface area is 89.3 Å². The third-order valence-corrected chi connectivity index (χ3v) is 2.68. The zero-order valence-corrected chi connectivity index (χ0v) is 8.86. The summed E-state index contributed by atoms with van der Waals surface area (Å²) in [6, 6.07) is 2.00. The molecule has 4 heteroatoms. The first kappa shape index (κ1) is 9.96. The van der Waals surface area contributed by atoms with Crippen LogP contribution in [-0.4, -0.2) is 29.0 Å². The summed E-state index contributed by atoms with van der Waals surface area (Å²) in [6.45, 7) is 4.33. The van der Waals surface area contributed by atoms with Crippen LogP contribution in [-0.2, 0) is 6.54 Å². The van der Waals surface area contributed by atoms with E-state index < -0.39 is 0 Å². The van der Waals surface area contributed by atoms with Crippen LogP contribution >= 0.6 is 0 Å². The van der Waals surface area contributed by atoms with Gasteiger partial charge in [-0.2, -0.15) is 0 Å². The molecule has 1 aromatic rings. The molecule has 0 aromatic carbocycles. The van der Waals surface area contributed by atoms with Gasteiger partial charge in [0.15, 0.2) is 0 Å². The second-order valence-corrected chi connectivity index (χ2v) is 3.81. The van der Waals surface area contributed by atoms with Gasteiger partial charge in [0.25, 0.3) is 0 Å². The monoisotopic (exact) mass is 205 g/mol. The van der Waals surface area contributed by atoms with Gasteiger partial charge in [0, 0.05) is 32.0 Å². The Balaban J connectivity index is 2.08. The van der Waals surface area contributed by atoms with Crippen molar-refractivity contribution in [2.45, 2.75) is 19.9 Å². The van der Waals surface area contributed by atoms with Crippen molar-refractivity contribution in [1.29, 1.82) is 0 Å². The molecule has 0 unspecified atom stereocenters. The molecule has 0 radical (unpaired) electrons. The lowest BCUT2D eigenvalue weighted by atomic mass is 10.1. The molecule has 0 aliphatic carbocycles. The number of aromatic nitrogens is 1. The van der Waals surface area contributed by atoms with E-state index in [2.05, 4.69) is 10.3 Å². The van der Waals surface area contributed by atoms with Crippen molar-refractivity contribution < 1.29 is 4.79 Å². The number of nitrogens with zero attached hydrogens (tertiary/aromatic N) is 2. The lowest BCUT2D eigenvalue weighted by molar-refractivity contribution is 0.183. The fourth-order valence-electron chi connectivity index (χ4n) is 1.70. The van der Waals surface area contributed by atoms with E-state index in [0.29, 0.717) is 6.54 Å². The van der Waals surface area contributed by atoms with E-state index >= 15 is 0 Å². The third-order valence-electron chi connectivity index (χ3n) is 2.68. The Kier molecular flexibility index (Phi) is 2.85. The van der Waals surface area contributed by atoms with Crippen molar-refractivity contribution in [3.05, 3.63) is 29.6 Å². The predicted molar refractivity (Wildman–Crippen MR) is 57.4 cm³/mol. The van der Waals surface area contributed by atoms with Crippen molar-refractivity contribution in [2.75, 3.05) is 13.1 Å². The summed E-state index contributed by atoms with van der Waals surface area (Å²) in [4.78, 5) is 17.4. The first-order valence-corrected chi connectivity index (χ1v) is 5.19. The van der Waals surface area contributed by atoms with Gasteiger partial charge in [-0.1, -0.05) is 0 Å². The molecule has 0 bridgehead atoms. The van der Waals surface area contributed by atoms with E-state index in [-0.39, 0.29) is 6.03 Å². The highest BCUT2D eigenvalue weighted by Crippen LogP contribution is 2.10. The van der Waals surface area contributed by atoms with Gasteiger partial charge in [0.2, 0.25) is 0 Å². The van der Waals surface area contributed by atoms with Crippen LogP contribution in [0.1, 0.15) is 17.5 Å². The summed E-state index contributed by atoms with van der Waals surface area (Å²) < 4.78 is 0. The van der Waals surface area contributed by atoms with Gasteiger partial charge in [-0.3, -0.25) is 4.98 Å². The Hall–Kier alpha value is -1.58. The number of carbonyl (C=O) groups excluding carboxylic acids is 1. The maximum absolute atomic E-state index is 11.5. The average molecular weight is 205 g/mol. The molecular weight excluding hydrogens is 190 g/mol. The standard InChI is InChI=1S/C11H15N3O/c1-9-3-5-12-7-10(9)8-14-6-2-4-13-11(14)15/h3,5,7H,2,4,6,8H2,1H3,(H,13,15). The van der Waals surface area contributed by atoms with Crippen molar-refractivity contribution in [1.82, 2.24) is 15.2 Å². The molecule has 2 heterocycles. The summed E-state index contributed by atoms with van der Waals surface area (Å²) in [5, 5.41) is 2.84. The first-order valence-electron chi connectivity index (χ1n) is 5.19. The van der Waals surface area contributed by atoms with Gasteiger partial charge in [-0.25, -0.2) is 4.79 Å². The number of aryl methyl sites for hydroxylation is 1. The molecule has 2 rings (SSSR count). The van der Waals surface area contributed by atoms with Gasteiger partial charge in [-0.05, 0) is 30.5 Å². The number of amides is 2. The molecule has 1 aromatic heterocycles. The second kappa shape index (κ2) is 4.29. The number of rotatable bonds is 2. The minimum atomic E-state index is 0.0319. The molecule has 80 valence electrons. The summed E-state index contributed by atoms with van der Waals surface area (Å²) in [5.41, 5.74) is 2.30. The fraction of sp³-hybridized carbons (Fsp3) is 0.455. The van der Waals surface area contributed by atoms with Crippen LogP contribution in [0.5, 0.6) is 0 Å². The smallest absolute Gasteiger partial charge is 0.317 e. The second-order valence-electron chi connectivity index (χ2n) is 3.81. The molecule has 0 atom stereocenters. The average Bonchev–Trinajstić information content (AvgIpc) is 2.24. The lowest BCUT2D eigenvalue weighted by Crippen LogP contribution is -2.45. The van der Waals surface area contributed by atoms with Crippen LogP contribution in [0, 0.1) is 6.92 Å². The number of hydrogen-bond donors (Lipinski definition) is 1. The molecule has 1 fully saturated rings. The molecule has 2 amide bonds. The molecule has 1 N–H and O–H groups in total. The molecule has 1 saturated heterocycles. The summed E-state index contributed by atoms with van der Waals surface area (Å²) in [7, 11) is 0. The van der Waals surface area contributed by atoms with Gasteiger partial charge < -0.3 is 10.2 Å². The van der Waals surface area contributed by atoms with E-state index in [4.69, 9.17) is 0 Å². The minimum absolute atomic E-state index is 0.0319. The largest absolute Gasteiger partial charge is 0.338 e. The zero-order chi connectivity index (χ0) is 10.7. The summed E-state index contributed by atoms with van der Waals surface area (Å²) in [5.74, 6) is 0. The highest BCUT2D eigenvalue weighted by molar-refractivity contribution is 5.74. The third kappa shape index (κ3) is 2.26. The van der Waals surface area contributed by atoms with Crippen molar-refractivity contribution in [3.63, 3.8) is 0 Å². The fourth-order valence-corrected chi connectivity index (χ4v) is 1.70. The van der Waals surface area contributed by atoms with Crippen LogP contribution in [0.25, 0.3) is 0 Å². The molecule has 0 spiro atoms. The van der Waals surface area contributed by atoms with Crippen LogP contribution in [0.4, 0.5) is 4.79 Å². The van der Waals surface area contributed by atoms with Crippen LogP contribution in [0.15, 0.2) is 18.5 Å². The molecule has 4 nitrogen and oxygen atoms in total. The van der Waals surface area contributed by atoms with E-state index in [1.807, 2.05) is 24.1 Å². The SMILES string of the molecule is Cc1ccncc1CN1CCCNC1=O. The Bertz CT molecular complexity index is 365. The van der Waals surface area contributed by atoms with Gasteiger partial charge >= 0.3 is 6.03 Å². The number of carbonyl (C=O) groups is 1. The number of urea groups is 1. The number of nitrogens with one attached hydrogen (secondary N) is 1. The summed E-state index contributed by atoms with van der Waals surface area (Å²) >= 11 is 0. The quantitative estimate of drug-likeness (QED) is 0.791. The molecule has 1 aliphatic rings. The van der Waals surface area contributed by atoms with Crippen molar-refractivity contribution in [2.24, 2.45) is 0 Å². The van der Waals surface area contributed by atoms with E-state index in [1.165, 1.54) is 5.56 Å². The molecule has 15 heavy (non-hydrogen) atoms. The van der Waals surface area contributed by atoms with Gasteiger partial charge in [0.1, 0.15) is 0 Å². The highest BCUT2D eigenvalue weighted by atomic mass is 16.2. The van der Waals surface area contributed by atoms with Crippen LogP contribution in [0.2, 0.25) is 0 Å². The van der Waals surface area contributed by atoms with Crippen molar-refractivity contribution in [3.8, 4) is 0 Å². The highest BCUT2D eigenvalue weighted by Gasteiger charge is 2.17. The van der Waals surface area contributed by atoms with Crippen LogP contribution < -0.4 is 5.32 Å². The van der Waals surface area contributed by atoms with E-state index in [0.717, 1.165) is 25.1 Å². The molecular formula is C11H15N3O. The Morgan fingerprint density at radius 1 is 1.60 bits per heavy atom. The zero-order valence-electron chi connectivity index (χ0n) is 8.86. The number of hydrogen-bond acceptors (Lipinski definition) is 2. The minimum Gasteiger partial charge on any atom is -0.338 e. The Morgan fingerprint density at radius 2 is 2.47 bits per heavy atom. The maximum atomic E-state index is 11.5. The summed E-state index contributed by atoms with van der Waals surface area (Å²) in [6.07, 6.45) is 4.62. The molecule has 1 aliphatic heterocycles. The predicted octanol–water partition coefficient (Wildman–Crippen LogP) is 1.31. The lowest BCUT2D eigenvalue weighted by Gasteiger charge is -2.27. The normalized spacial score (nSPS) is 16.3.